The second-order valence-corrected chi connectivity index (χ2v) is 24.4. The Morgan fingerprint density at radius 2 is 1.72 bits per heavy atom. The van der Waals surface area contributed by atoms with E-state index in [2.05, 4.69) is 169 Å². The van der Waals surface area contributed by atoms with E-state index in [1.807, 2.05) is 0 Å². The van der Waals surface area contributed by atoms with E-state index in [4.69, 9.17) is 9.72 Å². The molecule has 4 aromatic rings. The Labute approximate surface area is 456 Å². The third-order valence-electron chi connectivity index (χ3n) is 18.0. The summed E-state index contributed by atoms with van der Waals surface area (Å²) < 4.78 is 8.61. The number of nitrogens with zero attached hydrogens (tertiary/aromatic N) is 8. The predicted molar refractivity (Wildman–Crippen MR) is 313 cm³/mol. The minimum absolute atomic E-state index is 0.0443. The number of benzene rings is 2. The zero-order valence-electron chi connectivity index (χ0n) is 48.3. The van der Waals surface area contributed by atoms with Gasteiger partial charge >= 0.3 is 0 Å². The highest BCUT2D eigenvalue weighted by Gasteiger charge is 2.46. The summed E-state index contributed by atoms with van der Waals surface area (Å²) in [6, 6.07) is 20.0. The van der Waals surface area contributed by atoms with Crippen LogP contribution in [0.25, 0.3) is 27.7 Å². The summed E-state index contributed by atoms with van der Waals surface area (Å²) in [6.07, 6.45) is 14.9. The molecule has 0 bridgehead atoms. The van der Waals surface area contributed by atoms with Crippen LogP contribution in [0.5, 0.6) is 0 Å². The summed E-state index contributed by atoms with van der Waals surface area (Å²) in [5.74, 6) is -0.0404. The number of amides is 2. The number of hydrogen-bond acceptors (Lipinski definition) is 10. The van der Waals surface area contributed by atoms with Gasteiger partial charge in [0.1, 0.15) is 6.04 Å². The average molecular weight is 1040 g/mol. The Bertz CT molecular complexity index is 2630. The predicted octanol–water partition coefficient (Wildman–Crippen LogP) is 10.2. The molecule has 1 saturated carbocycles. The molecule has 13 nitrogen and oxygen atoms in total. The van der Waals surface area contributed by atoms with Gasteiger partial charge < -0.3 is 24.4 Å². The van der Waals surface area contributed by atoms with Gasteiger partial charge in [-0.25, -0.2) is 5.43 Å². The van der Waals surface area contributed by atoms with Gasteiger partial charge in [0.05, 0.1) is 35.4 Å². The lowest BCUT2D eigenvalue weighted by molar-refractivity contribution is -0.142. The van der Waals surface area contributed by atoms with Crippen molar-refractivity contribution >= 4 is 39.7 Å². The first-order valence-corrected chi connectivity index (χ1v) is 29.7. The van der Waals surface area contributed by atoms with Crippen LogP contribution in [-0.2, 0) is 27.3 Å². The lowest BCUT2D eigenvalue weighted by Crippen LogP contribution is -2.64. The molecule has 2 N–H and O–H groups in total. The maximum absolute atomic E-state index is 15.1. The summed E-state index contributed by atoms with van der Waals surface area (Å²) in [4.78, 5) is 47.7. The quantitative estimate of drug-likeness (QED) is 0.0791. The van der Waals surface area contributed by atoms with Gasteiger partial charge in [-0.1, -0.05) is 78.3 Å². The molecule has 6 heterocycles. The minimum Gasteiger partial charge on any atom is -0.375 e. The highest BCUT2D eigenvalue weighted by molar-refractivity contribution is 5.95. The maximum atomic E-state index is 15.1. The molecule has 4 unspecified atom stereocenters. The topological polar surface area (TPSA) is 105 Å². The summed E-state index contributed by atoms with van der Waals surface area (Å²) in [7, 11) is 1.79. The first-order chi connectivity index (χ1) is 36.6. The first kappa shape index (κ1) is 55.9. The van der Waals surface area contributed by atoms with E-state index in [0.717, 1.165) is 129 Å². The summed E-state index contributed by atoms with van der Waals surface area (Å²) >= 11 is 0. The molecule has 4 atom stereocenters. The van der Waals surface area contributed by atoms with Crippen LogP contribution in [0.1, 0.15) is 143 Å². The van der Waals surface area contributed by atoms with E-state index in [9.17, 15) is 4.79 Å². The van der Waals surface area contributed by atoms with E-state index < -0.39 is 6.04 Å². The fraction of sp³-hybridized carbons (Fsp3) is 0.635. The highest BCUT2D eigenvalue weighted by Crippen LogP contribution is 2.44. The molecule has 3 saturated heterocycles. The van der Waals surface area contributed by atoms with Crippen LogP contribution in [-0.4, -0.2) is 150 Å². The standard InChI is InChI=1S/C63H94N10O3/c1-11-30-70(49-22-15-14-16-23-49)44-63(9)28-20-32-72(63)58(45(4)5)60(74)66-55(61(75)73-33-18-17-29-65-73)43-67-31-19-21-48(42-67)47-24-27-56-52(38-47)54(40-62(7,8)12-2)59(71(56)13-3)53-39-51(41-64-57(53)46(6)76-10)69-36-34-68(35-37-69)50-25-26-50/h14-16,21-24,27,38-39,41,45-46,50,55,58,65H,11-13,17-20,25-26,28-37,40,42-44H2,1-10H3,(H,66,74). The van der Waals surface area contributed by atoms with E-state index in [0.29, 0.717) is 19.6 Å². The molecule has 2 aromatic heterocycles. The van der Waals surface area contributed by atoms with Crippen molar-refractivity contribution in [2.75, 3.05) is 95.4 Å². The number of aromatic nitrogens is 2. The van der Waals surface area contributed by atoms with Crippen LogP contribution >= 0.6 is 0 Å². The van der Waals surface area contributed by atoms with Crippen LogP contribution in [0.15, 0.2) is 66.9 Å². The first-order valence-electron chi connectivity index (χ1n) is 29.7. The van der Waals surface area contributed by atoms with E-state index in [1.54, 1.807) is 12.1 Å². The summed E-state index contributed by atoms with van der Waals surface area (Å²) in [6.45, 7) is 31.5. The Morgan fingerprint density at radius 3 is 2.39 bits per heavy atom. The minimum atomic E-state index is -0.699. The number of piperazine rings is 1. The molecule has 1 aliphatic carbocycles. The molecule has 2 aromatic carbocycles. The van der Waals surface area contributed by atoms with E-state index in [1.165, 1.54) is 63.1 Å². The van der Waals surface area contributed by atoms with Gasteiger partial charge in [-0.2, -0.15) is 0 Å². The zero-order chi connectivity index (χ0) is 53.7. The molecule has 4 aliphatic heterocycles. The van der Waals surface area contributed by atoms with Crippen molar-refractivity contribution in [1.29, 1.82) is 0 Å². The lowest BCUT2D eigenvalue weighted by atomic mass is 9.81. The smallest absolute Gasteiger partial charge is 0.260 e. The number of hydrogen-bond donors (Lipinski definition) is 2. The molecule has 5 aliphatic rings. The number of rotatable bonds is 22. The third kappa shape index (κ3) is 12.4. The van der Waals surface area contributed by atoms with Crippen LogP contribution in [0.3, 0.4) is 0 Å². The lowest BCUT2D eigenvalue weighted by Gasteiger charge is -2.45. The van der Waals surface area contributed by atoms with Gasteiger partial charge in [-0.05, 0) is 143 Å². The number of hydrazine groups is 1. The number of likely N-dealkylation sites (tertiary alicyclic amines) is 1. The number of carbonyl (C=O) groups excluding carboxylic acids is 2. The van der Waals surface area contributed by atoms with Crippen LogP contribution in [0, 0.1) is 11.3 Å². The number of carbonyl (C=O) groups is 2. The number of pyridine rings is 1. The number of aryl methyl sites for hydroxylation is 1. The fourth-order valence-electron chi connectivity index (χ4n) is 13.1. The van der Waals surface area contributed by atoms with Crippen molar-refractivity contribution in [2.45, 2.75) is 163 Å². The van der Waals surface area contributed by atoms with Gasteiger partial charge in [0.2, 0.25) is 5.91 Å². The SMILES string of the molecule is CCCN(CC1(C)CCCN1C(C(=O)NC(CN1CCC=C(c2ccc3c(c2)c(CC(C)(C)CC)c(-c2cc(N4CCN(C5CC5)CC4)cnc2C(C)OC)n3CC)C1)C(=O)N1CCCCN1)C(C)C)c1ccccc1. The number of ether oxygens (including phenoxy) is 1. The Hall–Kier alpha value is -4.79. The number of nitrogens with one attached hydrogen (secondary N) is 2. The molecule has 4 fully saturated rings. The van der Waals surface area contributed by atoms with Crippen molar-refractivity contribution in [3.8, 4) is 11.3 Å². The van der Waals surface area contributed by atoms with Crippen molar-refractivity contribution in [3.63, 3.8) is 0 Å². The summed E-state index contributed by atoms with van der Waals surface area (Å²) in [5, 5.41) is 6.53. The van der Waals surface area contributed by atoms with Crippen molar-refractivity contribution in [3.05, 3.63) is 83.7 Å². The van der Waals surface area contributed by atoms with Crippen molar-refractivity contribution in [2.24, 2.45) is 11.3 Å². The normalized spacial score (nSPS) is 21.5. The maximum Gasteiger partial charge on any atom is 0.260 e. The Balaban J connectivity index is 1.01. The van der Waals surface area contributed by atoms with Crippen molar-refractivity contribution < 1.29 is 14.3 Å². The highest BCUT2D eigenvalue weighted by atomic mass is 16.5. The number of para-hydroxylation sites is 1. The molecule has 2 amide bonds. The Morgan fingerprint density at radius 1 is 0.947 bits per heavy atom. The summed E-state index contributed by atoms with van der Waals surface area (Å²) in [5.41, 5.74) is 14.1. The Kier molecular flexibility index (Phi) is 18.0. The largest absolute Gasteiger partial charge is 0.375 e. The second-order valence-electron chi connectivity index (χ2n) is 24.4. The average Bonchev–Trinajstić information content (AvgIpc) is 4.22. The van der Waals surface area contributed by atoms with Gasteiger partial charge in [-0.15, -0.1) is 0 Å². The van der Waals surface area contributed by atoms with Crippen LogP contribution < -0.4 is 20.5 Å². The molecule has 9 rings (SSSR count). The monoisotopic (exact) mass is 1040 g/mol. The van der Waals surface area contributed by atoms with E-state index >= 15 is 4.79 Å². The van der Waals surface area contributed by atoms with Crippen LogP contribution in [0.2, 0.25) is 0 Å². The van der Waals surface area contributed by atoms with Gasteiger partial charge in [0.15, 0.2) is 0 Å². The molecule has 414 valence electrons. The fourth-order valence-corrected chi connectivity index (χ4v) is 13.1. The number of methoxy groups -OCH3 is 1. The molecule has 13 heteroatoms. The molecule has 0 spiro atoms. The second kappa shape index (κ2) is 24.5. The van der Waals surface area contributed by atoms with Gasteiger partial charge in [0, 0.05) is 119 Å². The van der Waals surface area contributed by atoms with Crippen molar-refractivity contribution in [1.82, 2.24) is 40.0 Å². The third-order valence-corrected chi connectivity index (χ3v) is 18.0. The molecule has 76 heavy (non-hydrogen) atoms. The van der Waals surface area contributed by atoms with E-state index in [-0.39, 0.29) is 40.8 Å². The molecule has 0 radical (unpaired) electrons. The number of fused-ring (bicyclic) bond motifs is 1. The van der Waals surface area contributed by atoms with Gasteiger partial charge in [-0.3, -0.25) is 34.3 Å². The van der Waals surface area contributed by atoms with Gasteiger partial charge in [0.25, 0.3) is 5.91 Å². The number of anilines is 2. The van der Waals surface area contributed by atoms with Crippen LogP contribution in [0.4, 0.5) is 11.4 Å². The molecular weight excluding hydrogens is 945 g/mol. The molecular formula is C63H94N10O3. The zero-order valence-corrected chi connectivity index (χ0v) is 48.3.